The second-order valence-corrected chi connectivity index (χ2v) is 9.13. The lowest BCUT2D eigenvalue weighted by Crippen LogP contribution is -2.43. The molecule has 4 aromatic rings. The van der Waals surface area contributed by atoms with E-state index in [-0.39, 0.29) is 17.6 Å². The second-order valence-electron chi connectivity index (χ2n) is 8.08. The Morgan fingerprint density at radius 1 is 1.23 bits per heavy atom. The molecule has 1 N–H and O–H groups in total. The highest BCUT2D eigenvalue weighted by Gasteiger charge is 2.28. The summed E-state index contributed by atoms with van der Waals surface area (Å²) in [4.78, 5) is 23.9. The molecule has 7 heteroatoms. The van der Waals surface area contributed by atoms with Gasteiger partial charge >= 0.3 is 0 Å². The average molecular weight is 435 g/mol. The molecule has 0 radical (unpaired) electrons. The van der Waals surface area contributed by atoms with E-state index >= 15 is 0 Å². The van der Waals surface area contributed by atoms with Crippen molar-refractivity contribution in [3.63, 3.8) is 0 Å². The highest BCUT2D eigenvalue weighted by molar-refractivity contribution is 7.26. The molecule has 0 saturated carbocycles. The number of aryl methyl sites for hydroxylation is 1. The van der Waals surface area contributed by atoms with Crippen LogP contribution in [0.2, 0.25) is 0 Å². The number of carbonyl (C=O) groups is 1. The zero-order valence-electron chi connectivity index (χ0n) is 17.3. The van der Waals surface area contributed by atoms with Gasteiger partial charge in [0.05, 0.1) is 21.5 Å². The summed E-state index contributed by atoms with van der Waals surface area (Å²) in [6.07, 6.45) is 3.26. The largest absolute Gasteiger partial charge is 0.355 e. The van der Waals surface area contributed by atoms with Gasteiger partial charge in [0.25, 0.3) is 0 Å². The van der Waals surface area contributed by atoms with Gasteiger partial charge in [-0.05, 0) is 37.5 Å². The van der Waals surface area contributed by atoms with E-state index in [0.29, 0.717) is 24.0 Å². The predicted octanol–water partition coefficient (Wildman–Crippen LogP) is 4.82. The van der Waals surface area contributed by atoms with E-state index in [2.05, 4.69) is 32.3 Å². The fraction of sp³-hybridized carbons (Fsp3) is 0.292. The third-order valence-corrected chi connectivity index (χ3v) is 7.03. The second kappa shape index (κ2) is 8.23. The molecule has 1 aliphatic heterocycles. The van der Waals surface area contributed by atoms with E-state index in [0.717, 1.165) is 40.2 Å². The van der Waals surface area contributed by atoms with Gasteiger partial charge in [-0.15, -0.1) is 11.3 Å². The summed E-state index contributed by atoms with van der Waals surface area (Å²) in [5, 5.41) is 3.63. The van der Waals surface area contributed by atoms with Crippen molar-refractivity contribution in [1.29, 1.82) is 0 Å². The Hall–Kier alpha value is -3.06. The molecule has 0 bridgehead atoms. The lowest BCUT2D eigenvalue weighted by atomic mass is 9.97. The SMILES string of the molecule is Cc1ccc(CNC(=O)[C@@H]2CCCN(c3ncnc4c3sc3cccc(F)c34)C2)cc1. The Labute approximate surface area is 183 Å². The molecule has 1 aliphatic rings. The Kier molecular flexibility index (Phi) is 5.28. The molecule has 3 heterocycles. The molecule has 1 fully saturated rings. The quantitative estimate of drug-likeness (QED) is 0.500. The van der Waals surface area contributed by atoms with E-state index in [1.54, 1.807) is 6.07 Å². The fourth-order valence-corrected chi connectivity index (χ4v) is 5.40. The minimum absolute atomic E-state index is 0.0676. The van der Waals surface area contributed by atoms with Gasteiger partial charge in [-0.1, -0.05) is 35.9 Å². The number of halogens is 1. The first-order chi connectivity index (χ1) is 15.1. The number of rotatable bonds is 4. The van der Waals surface area contributed by atoms with Gasteiger partial charge in [-0.3, -0.25) is 4.79 Å². The maximum atomic E-state index is 14.4. The van der Waals surface area contributed by atoms with Gasteiger partial charge in [0.1, 0.15) is 18.0 Å². The summed E-state index contributed by atoms with van der Waals surface area (Å²) in [5.74, 6) is 0.496. The number of fused-ring (bicyclic) bond motifs is 3. The van der Waals surface area contributed by atoms with Gasteiger partial charge in [-0.2, -0.15) is 0 Å². The summed E-state index contributed by atoms with van der Waals surface area (Å²) >= 11 is 1.51. The van der Waals surface area contributed by atoms with E-state index in [9.17, 15) is 9.18 Å². The van der Waals surface area contributed by atoms with Crippen molar-refractivity contribution < 1.29 is 9.18 Å². The van der Waals surface area contributed by atoms with Crippen LogP contribution in [0.15, 0.2) is 48.8 Å². The summed E-state index contributed by atoms with van der Waals surface area (Å²) in [5.41, 5.74) is 2.95. The molecule has 0 spiro atoms. The number of carbonyl (C=O) groups excluding carboxylic acids is 1. The maximum Gasteiger partial charge on any atom is 0.225 e. The molecule has 2 aromatic heterocycles. The summed E-state index contributed by atoms with van der Waals surface area (Å²) < 4.78 is 16.2. The van der Waals surface area contributed by atoms with Crippen molar-refractivity contribution in [3.05, 3.63) is 65.7 Å². The van der Waals surface area contributed by atoms with Crippen LogP contribution in [0.1, 0.15) is 24.0 Å². The first-order valence-corrected chi connectivity index (χ1v) is 11.3. The van der Waals surface area contributed by atoms with Crippen LogP contribution in [0, 0.1) is 18.7 Å². The molecule has 1 atom stereocenters. The number of nitrogens with zero attached hydrogens (tertiary/aromatic N) is 3. The number of hydrogen-bond donors (Lipinski definition) is 1. The Morgan fingerprint density at radius 2 is 2.06 bits per heavy atom. The Bertz CT molecular complexity index is 1250. The standard InChI is InChI=1S/C24H23FN4OS/c1-15-7-9-16(10-8-15)12-26-24(30)17-4-3-11-29(13-17)23-22-21(27-14-28-23)20-18(25)5-2-6-19(20)31-22/h2,5-10,14,17H,3-4,11-13H2,1H3,(H,26,30)/t17-/m1/s1. The zero-order chi connectivity index (χ0) is 21.4. The number of nitrogens with one attached hydrogen (secondary N) is 1. The molecule has 1 saturated heterocycles. The molecule has 31 heavy (non-hydrogen) atoms. The number of hydrogen-bond acceptors (Lipinski definition) is 5. The fourth-order valence-electron chi connectivity index (χ4n) is 4.21. The number of anilines is 1. The van der Waals surface area contributed by atoms with Crippen LogP contribution in [0.3, 0.4) is 0 Å². The minimum Gasteiger partial charge on any atom is -0.355 e. The van der Waals surface area contributed by atoms with E-state index in [1.165, 1.54) is 29.3 Å². The van der Waals surface area contributed by atoms with Gasteiger partial charge in [0, 0.05) is 24.3 Å². The normalized spacial score (nSPS) is 16.7. The van der Waals surface area contributed by atoms with Crippen LogP contribution < -0.4 is 10.2 Å². The van der Waals surface area contributed by atoms with Crippen LogP contribution in [0.4, 0.5) is 10.2 Å². The molecule has 5 nitrogen and oxygen atoms in total. The summed E-state index contributed by atoms with van der Waals surface area (Å²) in [6.45, 7) is 4.00. The molecule has 1 amide bonds. The topological polar surface area (TPSA) is 58.1 Å². The van der Waals surface area contributed by atoms with Crippen molar-refractivity contribution in [2.45, 2.75) is 26.3 Å². The Balaban J connectivity index is 1.36. The van der Waals surface area contributed by atoms with Crippen LogP contribution in [0.5, 0.6) is 0 Å². The summed E-state index contributed by atoms with van der Waals surface area (Å²) in [7, 11) is 0. The molecular weight excluding hydrogens is 411 g/mol. The van der Waals surface area contributed by atoms with Crippen LogP contribution in [-0.4, -0.2) is 29.0 Å². The van der Waals surface area contributed by atoms with E-state index in [4.69, 9.17) is 0 Å². The Morgan fingerprint density at radius 3 is 2.90 bits per heavy atom. The maximum absolute atomic E-state index is 14.4. The third-order valence-electron chi connectivity index (χ3n) is 5.89. The molecule has 2 aromatic carbocycles. The molecule has 0 aliphatic carbocycles. The van der Waals surface area contributed by atoms with Crippen molar-refractivity contribution in [3.8, 4) is 0 Å². The van der Waals surface area contributed by atoms with Gasteiger partial charge in [-0.25, -0.2) is 14.4 Å². The minimum atomic E-state index is -0.264. The van der Waals surface area contributed by atoms with Crippen LogP contribution in [-0.2, 0) is 11.3 Å². The number of benzene rings is 2. The first-order valence-electron chi connectivity index (χ1n) is 10.5. The average Bonchev–Trinajstić information content (AvgIpc) is 3.18. The highest BCUT2D eigenvalue weighted by atomic mass is 32.1. The monoisotopic (exact) mass is 434 g/mol. The molecule has 158 valence electrons. The van der Waals surface area contributed by atoms with Crippen molar-refractivity contribution in [2.24, 2.45) is 5.92 Å². The first kappa shape index (κ1) is 19.9. The van der Waals surface area contributed by atoms with Crippen LogP contribution >= 0.6 is 11.3 Å². The number of thiophene rings is 1. The predicted molar refractivity (Wildman–Crippen MR) is 123 cm³/mol. The molecular formula is C24H23FN4OS. The lowest BCUT2D eigenvalue weighted by Gasteiger charge is -2.33. The van der Waals surface area contributed by atoms with E-state index < -0.39 is 0 Å². The number of aromatic nitrogens is 2. The van der Waals surface area contributed by atoms with Gasteiger partial charge in [0.2, 0.25) is 5.91 Å². The zero-order valence-corrected chi connectivity index (χ0v) is 18.1. The van der Waals surface area contributed by atoms with Gasteiger partial charge in [0.15, 0.2) is 0 Å². The molecule has 0 unspecified atom stereocenters. The highest BCUT2D eigenvalue weighted by Crippen LogP contribution is 2.39. The van der Waals surface area contributed by atoms with Gasteiger partial charge < -0.3 is 10.2 Å². The van der Waals surface area contributed by atoms with Crippen molar-refractivity contribution in [2.75, 3.05) is 18.0 Å². The van der Waals surface area contributed by atoms with Crippen LogP contribution in [0.25, 0.3) is 20.3 Å². The summed E-state index contributed by atoms with van der Waals surface area (Å²) in [6, 6.07) is 13.3. The van der Waals surface area contributed by atoms with Crippen molar-refractivity contribution in [1.82, 2.24) is 15.3 Å². The number of amides is 1. The van der Waals surface area contributed by atoms with Crippen molar-refractivity contribution >= 4 is 43.4 Å². The third kappa shape index (κ3) is 3.85. The molecule has 5 rings (SSSR count). The van der Waals surface area contributed by atoms with E-state index in [1.807, 2.05) is 25.1 Å². The number of piperidine rings is 1. The smallest absolute Gasteiger partial charge is 0.225 e. The lowest BCUT2D eigenvalue weighted by molar-refractivity contribution is -0.125.